The van der Waals surface area contributed by atoms with Gasteiger partial charge in [-0.3, -0.25) is 4.79 Å². The number of fused-ring (bicyclic) bond motifs is 1. The molecule has 9 nitrogen and oxygen atoms in total. The van der Waals surface area contributed by atoms with Crippen molar-refractivity contribution in [1.82, 2.24) is 24.4 Å². The molecule has 1 aliphatic carbocycles. The summed E-state index contributed by atoms with van der Waals surface area (Å²) >= 11 is 0. The van der Waals surface area contributed by atoms with Gasteiger partial charge in [0.05, 0.1) is 6.20 Å². The van der Waals surface area contributed by atoms with E-state index in [1.807, 2.05) is 17.8 Å². The van der Waals surface area contributed by atoms with Gasteiger partial charge in [-0.05, 0) is 31.4 Å². The number of imidazole rings is 1. The molecule has 1 aliphatic heterocycles. The minimum Gasteiger partial charge on any atom is -0.406 e. The highest BCUT2D eigenvalue weighted by Gasteiger charge is 2.54. The number of likely N-dealkylation sites (tertiary alicyclic amines) is 1. The van der Waals surface area contributed by atoms with Gasteiger partial charge in [-0.15, -0.1) is 13.2 Å². The molecule has 2 aliphatic rings. The molecule has 1 aromatic carbocycles. The molecule has 2 aromatic heterocycles. The number of aromatic nitrogens is 3. The highest BCUT2D eigenvalue weighted by Crippen LogP contribution is 2.48. The Morgan fingerprint density at radius 2 is 1.94 bits per heavy atom. The number of carbonyl (C=O) groups is 2. The molecule has 1 saturated heterocycles. The van der Waals surface area contributed by atoms with Crippen LogP contribution in [0.3, 0.4) is 0 Å². The van der Waals surface area contributed by atoms with E-state index >= 15 is 0 Å². The average Bonchev–Trinajstić information content (AvgIpc) is 3.27. The number of carbonyl (C=O) groups excluding carboxylic acids is 2. The third-order valence-electron chi connectivity index (χ3n) is 6.49. The van der Waals surface area contributed by atoms with Crippen molar-refractivity contribution in [1.29, 1.82) is 0 Å². The zero-order valence-electron chi connectivity index (χ0n) is 18.5. The molecule has 2 N–H and O–H groups in total. The fraction of sp³-hybridized carbons (Fsp3) is 0.409. The van der Waals surface area contributed by atoms with Gasteiger partial charge in [-0.2, -0.15) is 5.10 Å². The number of nitrogens with one attached hydrogen (secondary N) is 2. The van der Waals surface area contributed by atoms with Crippen molar-refractivity contribution in [3.63, 3.8) is 0 Å². The van der Waals surface area contributed by atoms with E-state index in [0.29, 0.717) is 24.2 Å². The fourth-order valence-electron chi connectivity index (χ4n) is 4.90. The lowest BCUT2D eigenvalue weighted by atomic mass is 9.60. The zero-order chi connectivity index (χ0) is 24.3. The van der Waals surface area contributed by atoms with Crippen molar-refractivity contribution < 1.29 is 27.5 Å². The van der Waals surface area contributed by atoms with Gasteiger partial charge in [0.15, 0.2) is 0 Å². The van der Waals surface area contributed by atoms with Crippen LogP contribution in [0.1, 0.15) is 28.8 Å². The molecule has 0 bridgehead atoms. The van der Waals surface area contributed by atoms with Gasteiger partial charge >= 0.3 is 12.4 Å². The standard InChI is InChI=1S/C22H23F3N6O3/c1-13-3-4-15(34-22(23,24)25)7-17(13)28-20(33)27-14-8-21(9-14)11-30(12-21)19(32)16-10-26-31-6-5-29(2)18(16)31/h3-7,10,14H,8-9,11-12H2,1-2H3,(H2,27,28,33). The molecule has 3 aromatic rings. The SMILES string of the molecule is Cc1ccc(OC(F)(F)F)cc1NC(=O)NC1CC2(C1)CN(C(=O)c1cnn3ccn(C)c13)C2. The topological polar surface area (TPSA) is 92.9 Å². The van der Waals surface area contributed by atoms with Gasteiger partial charge < -0.3 is 24.8 Å². The summed E-state index contributed by atoms with van der Waals surface area (Å²) in [6, 6.07) is 3.21. The summed E-state index contributed by atoms with van der Waals surface area (Å²) in [7, 11) is 1.86. The minimum atomic E-state index is -4.81. The zero-order valence-corrected chi connectivity index (χ0v) is 18.5. The van der Waals surface area contributed by atoms with Crippen LogP contribution in [0.15, 0.2) is 36.8 Å². The first kappa shape index (κ1) is 22.1. The number of ether oxygens (including phenoxy) is 1. The van der Waals surface area contributed by atoms with Gasteiger partial charge in [0, 0.05) is 55.7 Å². The molecule has 3 heterocycles. The van der Waals surface area contributed by atoms with Crippen LogP contribution in [-0.4, -0.2) is 56.5 Å². The lowest BCUT2D eigenvalue weighted by Gasteiger charge is -2.58. The van der Waals surface area contributed by atoms with Crippen molar-refractivity contribution in [2.75, 3.05) is 18.4 Å². The maximum atomic E-state index is 12.9. The Morgan fingerprint density at radius 3 is 2.65 bits per heavy atom. The van der Waals surface area contributed by atoms with Gasteiger partial charge in [0.2, 0.25) is 0 Å². The third-order valence-corrected chi connectivity index (χ3v) is 6.49. The van der Waals surface area contributed by atoms with E-state index in [0.717, 1.165) is 24.6 Å². The number of aryl methyl sites for hydroxylation is 2. The van der Waals surface area contributed by atoms with Crippen LogP contribution in [0.5, 0.6) is 5.75 Å². The molecule has 0 radical (unpaired) electrons. The predicted octanol–water partition coefficient (Wildman–Crippen LogP) is 3.31. The number of hydrogen-bond acceptors (Lipinski definition) is 4. The Morgan fingerprint density at radius 1 is 1.21 bits per heavy atom. The van der Waals surface area contributed by atoms with Gasteiger partial charge in [-0.1, -0.05) is 6.07 Å². The summed E-state index contributed by atoms with van der Waals surface area (Å²) in [5, 5.41) is 9.65. The van der Waals surface area contributed by atoms with E-state index < -0.39 is 18.1 Å². The molecule has 12 heteroatoms. The molecule has 180 valence electrons. The van der Waals surface area contributed by atoms with E-state index in [1.54, 1.807) is 28.7 Å². The van der Waals surface area contributed by atoms with Crippen LogP contribution in [0.25, 0.3) is 5.65 Å². The number of hydrogen-bond donors (Lipinski definition) is 2. The Kier molecular flexibility index (Phi) is 4.99. The first-order valence-corrected chi connectivity index (χ1v) is 10.7. The van der Waals surface area contributed by atoms with Crippen LogP contribution >= 0.6 is 0 Å². The lowest BCUT2D eigenvalue weighted by molar-refractivity contribution is -0.274. The Labute approximate surface area is 192 Å². The monoisotopic (exact) mass is 476 g/mol. The molecule has 34 heavy (non-hydrogen) atoms. The number of benzene rings is 1. The summed E-state index contributed by atoms with van der Waals surface area (Å²) < 4.78 is 44.8. The Bertz CT molecular complexity index is 1270. The van der Waals surface area contributed by atoms with E-state index in [4.69, 9.17) is 0 Å². The second kappa shape index (κ2) is 7.67. The summed E-state index contributed by atoms with van der Waals surface area (Å²) in [6.45, 7) is 2.90. The second-order valence-corrected chi connectivity index (χ2v) is 9.12. The smallest absolute Gasteiger partial charge is 0.406 e. The van der Waals surface area contributed by atoms with Crippen LogP contribution in [0.4, 0.5) is 23.7 Å². The summed E-state index contributed by atoms with van der Waals surface area (Å²) in [5.41, 5.74) is 2.14. The molecule has 1 saturated carbocycles. The summed E-state index contributed by atoms with van der Waals surface area (Å²) in [4.78, 5) is 27.1. The van der Waals surface area contributed by atoms with E-state index in [1.165, 1.54) is 12.1 Å². The maximum absolute atomic E-state index is 12.9. The molecule has 0 atom stereocenters. The van der Waals surface area contributed by atoms with Gasteiger partial charge in [0.25, 0.3) is 5.91 Å². The number of anilines is 1. The maximum Gasteiger partial charge on any atom is 0.573 e. The van der Waals surface area contributed by atoms with E-state index in [-0.39, 0.29) is 23.1 Å². The van der Waals surface area contributed by atoms with Crippen molar-refractivity contribution in [3.05, 3.63) is 47.9 Å². The minimum absolute atomic E-state index is 0.00945. The van der Waals surface area contributed by atoms with Gasteiger partial charge in [-0.25, -0.2) is 9.31 Å². The average molecular weight is 476 g/mol. The highest BCUT2D eigenvalue weighted by molar-refractivity contribution is 6.00. The lowest BCUT2D eigenvalue weighted by Crippen LogP contribution is -2.67. The van der Waals surface area contributed by atoms with Crippen molar-refractivity contribution >= 4 is 23.3 Å². The van der Waals surface area contributed by atoms with Crippen molar-refractivity contribution in [2.24, 2.45) is 12.5 Å². The molecule has 0 unspecified atom stereocenters. The molecule has 3 amide bonds. The normalized spacial score (nSPS) is 17.4. The number of alkyl halides is 3. The van der Waals surface area contributed by atoms with E-state index in [2.05, 4.69) is 20.5 Å². The van der Waals surface area contributed by atoms with Crippen molar-refractivity contribution in [2.45, 2.75) is 32.2 Å². The number of halogens is 3. The van der Waals surface area contributed by atoms with Crippen LogP contribution in [-0.2, 0) is 7.05 Å². The van der Waals surface area contributed by atoms with Crippen LogP contribution < -0.4 is 15.4 Å². The molecule has 2 fully saturated rings. The quantitative estimate of drug-likeness (QED) is 0.605. The van der Waals surface area contributed by atoms with Crippen molar-refractivity contribution in [3.8, 4) is 5.75 Å². The predicted molar refractivity (Wildman–Crippen MR) is 116 cm³/mol. The second-order valence-electron chi connectivity index (χ2n) is 9.12. The number of amides is 3. The van der Waals surface area contributed by atoms with Crippen LogP contribution in [0.2, 0.25) is 0 Å². The summed E-state index contributed by atoms with van der Waals surface area (Å²) in [6.07, 6.45) is 1.86. The third kappa shape index (κ3) is 4.03. The largest absolute Gasteiger partial charge is 0.573 e. The number of rotatable bonds is 4. The number of nitrogens with zero attached hydrogens (tertiary/aromatic N) is 4. The fourth-order valence-corrected chi connectivity index (χ4v) is 4.90. The molecule has 5 rings (SSSR count). The molecular formula is C22H23F3N6O3. The van der Waals surface area contributed by atoms with Gasteiger partial charge in [0.1, 0.15) is 17.0 Å². The molecular weight excluding hydrogens is 453 g/mol. The first-order chi connectivity index (χ1) is 16.0. The first-order valence-electron chi connectivity index (χ1n) is 10.7. The number of urea groups is 1. The summed E-state index contributed by atoms with van der Waals surface area (Å²) in [5.74, 6) is -0.464. The molecule has 1 spiro atoms. The van der Waals surface area contributed by atoms with Crippen LogP contribution in [0, 0.1) is 12.3 Å². The van der Waals surface area contributed by atoms with E-state index in [9.17, 15) is 22.8 Å². The highest BCUT2D eigenvalue weighted by atomic mass is 19.4. The Balaban J connectivity index is 1.12. The Hall–Kier alpha value is -3.70.